The lowest BCUT2D eigenvalue weighted by molar-refractivity contribution is -0.0502. The molecular formula is C28H46O. The maximum absolute atomic E-state index is 10.4. The molecule has 1 N–H and O–H groups in total. The molecule has 1 heteroatoms. The zero-order chi connectivity index (χ0) is 21.0. The van der Waals surface area contributed by atoms with Gasteiger partial charge in [0.05, 0.1) is 6.10 Å². The van der Waals surface area contributed by atoms with Gasteiger partial charge in [0.2, 0.25) is 0 Å². The van der Waals surface area contributed by atoms with Crippen LogP contribution in [0.3, 0.4) is 0 Å². The van der Waals surface area contributed by atoms with Crippen LogP contribution in [0.1, 0.15) is 98.8 Å². The highest BCUT2D eigenvalue weighted by molar-refractivity contribution is 5.31. The molecule has 1 nitrogen and oxygen atoms in total. The van der Waals surface area contributed by atoms with Crippen molar-refractivity contribution >= 4 is 0 Å². The van der Waals surface area contributed by atoms with Crippen molar-refractivity contribution < 1.29 is 5.11 Å². The van der Waals surface area contributed by atoms with Gasteiger partial charge in [-0.2, -0.15) is 0 Å². The fraction of sp³-hybridized carbons (Fsp3) is 0.857. The lowest BCUT2D eigenvalue weighted by Crippen LogP contribution is -2.51. The quantitative estimate of drug-likeness (QED) is 0.474. The van der Waals surface area contributed by atoms with Crippen LogP contribution in [0, 0.1) is 46.3 Å². The van der Waals surface area contributed by atoms with E-state index < -0.39 is 0 Å². The zero-order valence-corrected chi connectivity index (χ0v) is 19.8. The first-order valence-electron chi connectivity index (χ1n) is 12.7. The minimum atomic E-state index is -0.303. The lowest BCUT2D eigenvalue weighted by atomic mass is 9.46. The Bertz CT molecular complexity index is 659. The number of allylic oxidation sites excluding steroid dienone is 1. The van der Waals surface area contributed by atoms with Gasteiger partial charge in [0.1, 0.15) is 0 Å². The summed E-state index contributed by atoms with van der Waals surface area (Å²) in [5.41, 5.74) is 3.47. The molecule has 0 spiro atoms. The number of hydrogen-bond donors (Lipinski definition) is 1. The van der Waals surface area contributed by atoms with Crippen molar-refractivity contribution in [2.45, 2.75) is 105 Å². The second-order valence-electron chi connectivity index (χ2n) is 12.3. The standard InChI is InChI=1S/C28H46O/c1-18(2)8-7-9-19(3)23-12-13-24-22-11-10-21-16-26(29)20(4)17-28(21,6)25(22)14-15-27(23,24)5/h10,18-19,22-26,29H,4,7-9,11-17H2,1-3,5-6H3/t19-,22+,23-,24+,25+,26-,27-,28+/m1/s1. The third-order valence-corrected chi connectivity index (χ3v) is 10.3. The summed E-state index contributed by atoms with van der Waals surface area (Å²) >= 11 is 0. The van der Waals surface area contributed by atoms with E-state index in [-0.39, 0.29) is 11.5 Å². The summed E-state index contributed by atoms with van der Waals surface area (Å²) in [5, 5.41) is 10.4. The maximum Gasteiger partial charge on any atom is 0.0785 e. The summed E-state index contributed by atoms with van der Waals surface area (Å²) in [6.45, 7) is 16.7. The molecule has 0 aromatic rings. The van der Waals surface area contributed by atoms with E-state index in [0.717, 1.165) is 53.9 Å². The zero-order valence-electron chi connectivity index (χ0n) is 19.8. The maximum atomic E-state index is 10.4. The Morgan fingerprint density at radius 1 is 1.10 bits per heavy atom. The van der Waals surface area contributed by atoms with Crippen molar-refractivity contribution in [1.29, 1.82) is 0 Å². The minimum Gasteiger partial charge on any atom is -0.388 e. The number of aliphatic hydroxyl groups is 1. The molecule has 0 aromatic heterocycles. The van der Waals surface area contributed by atoms with Gasteiger partial charge in [-0.05, 0) is 96.9 Å². The highest BCUT2D eigenvalue weighted by Gasteiger charge is 2.59. The first-order chi connectivity index (χ1) is 13.7. The van der Waals surface area contributed by atoms with Crippen LogP contribution >= 0.6 is 0 Å². The van der Waals surface area contributed by atoms with Crippen LogP contribution in [0.2, 0.25) is 0 Å². The van der Waals surface area contributed by atoms with E-state index in [1.54, 1.807) is 5.57 Å². The third kappa shape index (κ3) is 3.58. The SMILES string of the molecule is C=C1C[C@@]2(C)C(=CC[C@H]3[C@@H]4CC[C@H]([C@H](C)CCCC(C)C)[C@@]4(C)CC[C@@H]32)C[C@H]1O. The Morgan fingerprint density at radius 3 is 2.59 bits per heavy atom. The Hall–Kier alpha value is -0.560. The Kier molecular flexibility index (Phi) is 5.86. The minimum absolute atomic E-state index is 0.265. The van der Waals surface area contributed by atoms with Gasteiger partial charge in [0, 0.05) is 0 Å². The molecule has 0 radical (unpaired) electrons. The predicted octanol–water partition coefficient (Wildman–Crippen LogP) is 7.55. The van der Waals surface area contributed by atoms with Gasteiger partial charge < -0.3 is 5.11 Å². The Morgan fingerprint density at radius 2 is 1.86 bits per heavy atom. The second kappa shape index (κ2) is 7.85. The molecule has 4 aliphatic rings. The molecule has 0 heterocycles. The van der Waals surface area contributed by atoms with Crippen LogP contribution in [-0.4, -0.2) is 11.2 Å². The summed E-state index contributed by atoms with van der Waals surface area (Å²) in [5.74, 6) is 5.24. The molecule has 0 saturated heterocycles. The van der Waals surface area contributed by atoms with Crippen LogP contribution in [0.4, 0.5) is 0 Å². The molecule has 8 atom stereocenters. The smallest absolute Gasteiger partial charge is 0.0785 e. The predicted molar refractivity (Wildman–Crippen MR) is 124 cm³/mol. The molecule has 3 fully saturated rings. The van der Waals surface area contributed by atoms with Gasteiger partial charge in [0.25, 0.3) is 0 Å². The number of hydrogen-bond acceptors (Lipinski definition) is 1. The molecule has 164 valence electrons. The van der Waals surface area contributed by atoms with Crippen molar-refractivity contribution in [3.8, 4) is 0 Å². The van der Waals surface area contributed by atoms with Gasteiger partial charge in [-0.25, -0.2) is 0 Å². The van der Waals surface area contributed by atoms with Gasteiger partial charge in [-0.1, -0.05) is 72.1 Å². The van der Waals surface area contributed by atoms with E-state index in [0.29, 0.717) is 5.41 Å². The van der Waals surface area contributed by atoms with Gasteiger partial charge in [-0.15, -0.1) is 0 Å². The van der Waals surface area contributed by atoms with Crippen LogP contribution in [0.5, 0.6) is 0 Å². The van der Waals surface area contributed by atoms with E-state index >= 15 is 0 Å². The van der Waals surface area contributed by atoms with Crippen molar-refractivity contribution in [1.82, 2.24) is 0 Å². The summed E-state index contributed by atoms with van der Waals surface area (Å²) < 4.78 is 0. The molecule has 4 aliphatic carbocycles. The van der Waals surface area contributed by atoms with Crippen LogP contribution in [0.15, 0.2) is 23.8 Å². The second-order valence-corrected chi connectivity index (χ2v) is 12.3. The highest BCUT2D eigenvalue weighted by atomic mass is 16.3. The molecule has 0 aliphatic heterocycles. The molecule has 0 bridgehead atoms. The number of aliphatic hydroxyl groups excluding tert-OH is 1. The van der Waals surface area contributed by atoms with Crippen molar-refractivity contribution in [2.75, 3.05) is 0 Å². The molecule has 0 unspecified atom stereocenters. The van der Waals surface area contributed by atoms with Crippen molar-refractivity contribution in [2.24, 2.45) is 46.3 Å². The van der Waals surface area contributed by atoms with E-state index in [9.17, 15) is 5.11 Å². The summed E-state index contributed by atoms with van der Waals surface area (Å²) in [6, 6.07) is 0. The van der Waals surface area contributed by atoms with Gasteiger partial charge >= 0.3 is 0 Å². The lowest BCUT2D eigenvalue weighted by Gasteiger charge is -2.58. The average molecular weight is 399 g/mol. The van der Waals surface area contributed by atoms with Crippen LogP contribution in [0.25, 0.3) is 0 Å². The first kappa shape index (κ1) is 21.7. The molecule has 29 heavy (non-hydrogen) atoms. The first-order valence-corrected chi connectivity index (χ1v) is 12.7. The Balaban J connectivity index is 1.51. The molecular weight excluding hydrogens is 352 g/mol. The van der Waals surface area contributed by atoms with Crippen molar-refractivity contribution in [3.63, 3.8) is 0 Å². The van der Waals surface area contributed by atoms with Gasteiger partial charge in [0.15, 0.2) is 0 Å². The monoisotopic (exact) mass is 398 g/mol. The van der Waals surface area contributed by atoms with Crippen LogP contribution in [-0.2, 0) is 0 Å². The van der Waals surface area contributed by atoms with Gasteiger partial charge in [-0.3, -0.25) is 0 Å². The third-order valence-electron chi connectivity index (χ3n) is 10.3. The van der Waals surface area contributed by atoms with E-state index in [1.165, 1.54) is 51.4 Å². The Labute approximate surface area is 180 Å². The number of rotatable bonds is 5. The van der Waals surface area contributed by atoms with E-state index in [4.69, 9.17) is 0 Å². The molecule has 3 saturated carbocycles. The van der Waals surface area contributed by atoms with E-state index in [1.807, 2.05) is 0 Å². The molecule has 0 aromatic carbocycles. The highest BCUT2D eigenvalue weighted by Crippen LogP contribution is 2.67. The summed E-state index contributed by atoms with van der Waals surface area (Å²) in [7, 11) is 0. The molecule has 4 rings (SSSR count). The molecule has 0 amide bonds. The summed E-state index contributed by atoms with van der Waals surface area (Å²) in [4.78, 5) is 0. The fourth-order valence-electron chi connectivity index (χ4n) is 8.68. The number of fused-ring (bicyclic) bond motifs is 5. The van der Waals surface area contributed by atoms with E-state index in [2.05, 4.69) is 47.3 Å². The topological polar surface area (TPSA) is 20.2 Å². The average Bonchev–Trinajstić information content (AvgIpc) is 3.00. The normalized spacial score (nSPS) is 45.4. The largest absolute Gasteiger partial charge is 0.388 e. The van der Waals surface area contributed by atoms with Crippen LogP contribution < -0.4 is 0 Å². The summed E-state index contributed by atoms with van der Waals surface area (Å²) in [6.07, 6.45) is 15.4. The van der Waals surface area contributed by atoms with Crippen molar-refractivity contribution in [3.05, 3.63) is 23.8 Å². The fourth-order valence-corrected chi connectivity index (χ4v) is 8.68.